The highest BCUT2D eigenvalue weighted by Crippen LogP contribution is 2.23. The van der Waals surface area contributed by atoms with Crippen LogP contribution in [0.1, 0.15) is 33.3 Å². The molecular weight excluding hydrogens is 315 g/mol. The summed E-state index contributed by atoms with van der Waals surface area (Å²) in [6.07, 6.45) is 4.45. The number of hydrogen-bond acceptors (Lipinski definition) is 3. The summed E-state index contributed by atoms with van der Waals surface area (Å²) in [4.78, 5) is 6.35. The van der Waals surface area contributed by atoms with E-state index in [9.17, 15) is 4.39 Å². The fraction of sp³-hybridized carbons (Fsp3) is 0.381. The van der Waals surface area contributed by atoms with Crippen molar-refractivity contribution in [3.63, 3.8) is 0 Å². The van der Waals surface area contributed by atoms with Crippen LogP contribution in [0.4, 0.5) is 4.39 Å². The van der Waals surface area contributed by atoms with Gasteiger partial charge in [0.25, 0.3) is 0 Å². The normalized spacial score (nSPS) is 12.3. The SMILES string of the molecule is C=C/C(F)=C\C(C(=C)N(CC)C(C)COc1ccc(C)cn1)=C(C)C. The molecule has 1 rings (SSSR count). The maximum Gasteiger partial charge on any atom is 0.213 e. The number of aromatic nitrogens is 1. The van der Waals surface area contributed by atoms with Gasteiger partial charge in [0.1, 0.15) is 12.4 Å². The Bertz CT molecular complexity index is 655. The Labute approximate surface area is 151 Å². The van der Waals surface area contributed by atoms with Crippen molar-refractivity contribution in [3.8, 4) is 5.88 Å². The molecule has 0 amide bonds. The van der Waals surface area contributed by atoms with Crippen LogP contribution in [0.2, 0.25) is 0 Å². The van der Waals surface area contributed by atoms with E-state index in [0.717, 1.165) is 29.0 Å². The van der Waals surface area contributed by atoms with E-state index in [1.165, 1.54) is 12.2 Å². The second-order valence-electron chi connectivity index (χ2n) is 6.21. The highest BCUT2D eigenvalue weighted by atomic mass is 19.1. The van der Waals surface area contributed by atoms with Crippen molar-refractivity contribution in [2.75, 3.05) is 13.2 Å². The number of halogens is 1. The molecule has 0 saturated heterocycles. The first-order chi connectivity index (χ1) is 11.8. The highest BCUT2D eigenvalue weighted by Gasteiger charge is 2.18. The number of ether oxygens (including phenoxy) is 1. The molecule has 25 heavy (non-hydrogen) atoms. The fourth-order valence-corrected chi connectivity index (χ4v) is 2.47. The van der Waals surface area contributed by atoms with Crippen LogP contribution in [-0.4, -0.2) is 29.1 Å². The zero-order valence-corrected chi connectivity index (χ0v) is 16.0. The molecular formula is C21H29FN2O. The van der Waals surface area contributed by atoms with E-state index in [2.05, 4.69) is 30.0 Å². The summed E-state index contributed by atoms with van der Waals surface area (Å²) in [6, 6.07) is 3.89. The molecule has 3 nitrogen and oxygen atoms in total. The number of aryl methyl sites for hydroxylation is 1. The van der Waals surface area contributed by atoms with Crippen LogP contribution in [0, 0.1) is 6.92 Å². The first-order valence-corrected chi connectivity index (χ1v) is 8.48. The lowest BCUT2D eigenvalue weighted by Gasteiger charge is -2.32. The fourth-order valence-electron chi connectivity index (χ4n) is 2.47. The van der Waals surface area contributed by atoms with E-state index < -0.39 is 0 Å². The summed E-state index contributed by atoms with van der Waals surface area (Å²) in [6.45, 7) is 18.8. The van der Waals surface area contributed by atoms with Crippen LogP contribution in [0.25, 0.3) is 0 Å². The van der Waals surface area contributed by atoms with Crippen LogP contribution in [0.15, 0.2) is 66.3 Å². The van der Waals surface area contributed by atoms with Gasteiger partial charge < -0.3 is 9.64 Å². The van der Waals surface area contributed by atoms with Gasteiger partial charge in [-0.1, -0.05) is 24.8 Å². The maximum absolute atomic E-state index is 13.7. The summed E-state index contributed by atoms with van der Waals surface area (Å²) < 4.78 is 19.5. The molecule has 1 aromatic rings. The summed E-state index contributed by atoms with van der Waals surface area (Å²) in [7, 11) is 0. The van der Waals surface area contributed by atoms with Gasteiger partial charge in [-0.25, -0.2) is 9.37 Å². The number of hydrogen-bond donors (Lipinski definition) is 0. The van der Waals surface area contributed by atoms with Crippen molar-refractivity contribution < 1.29 is 9.13 Å². The Morgan fingerprint density at radius 1 is 1.40 bits per heavy atom. The van der Waals surface area contributed by atoms with Gasteiger partial charge in [0.05, 0.1) is 6.04 Å². The van der Waals surface area contributed by atoms with Gasteiger partial charge >= 0.3 is 0 Å². The predicted molar refractivity (Wildman–Crippen MR) is 103 cm³/mol. The third kappa shape index (κ3) is 6.22. The molecule has 0 aliphatic heterocycles. The van der Waals surface area contributed by atoms with Crippen LogP contribution < -0.4 is 4.74 Å². The van der Waals surface area contributed by atoms with E-state index >= 15 is 0 Å². The molecule has 0 bridgehead atoms. The molecule has 0 aliphatic rings. The molecule has 0 saturated carbocycles. The molecule has 0 spiro atoms. The largest absolute Gasteiger partial charge is 0.475 e. The van der Waals surface area contributed by atoms with E-state index in [1.54, 1.807) is 6.20 Å². The van der Waals surface area contributed by atoms with Crippen molar-refractivity contribution in [3.05, 3.63) is 71.9 Å². The second-order valence-corrected chi connectivity index (χ2v) is 6.21. The van der Waals surface area contributed by atoms with Gasteiger partial charge in [0.15, 0.2) is 0 Å². The Morgan fingerprint density at radius 3 is 2.56 bits per heavy atom. The molecule has 1 atom stereocenters. The monoisotopic (exact) mass is 344 g/mol. The summed E-state index contributed by atoms with van der Waals surface area (Å²) >= 11 is 0. The van der Waals surface area contributed by atoms with Gasteiger partial charge in [0.2, 0.25) is 5.88 Å². The summed E-state index contributed by atoms with van der Waals surface area (Å²) in [5, 5.41) is 0. The van der Waals surface area contributed by atoms with Gasteiger partial charge in [-0.05, 0) is 57.9 Å². The average Bonchev–Trinajstić information content (AvgIpc) is 2.59. The topological polar surface area (TPSA) is 25.4 Å². The number of nitrogens with zero attached hydrogens (tertiary/aromatic N) is 2. The lowest BCUT2D eigenvalue weighted by atomic mass is 10.0. The molecule has 0 fully saturated rings. The number of likely N-dealkylation sites (N-methyl/N-ethyl adjacent to an activating group) is 1. The number of rotatable bonds is 9. The number of allylic oxidation sites excluding steroid dienone is 4. The van der Waals surface area contributed by atoms with E-state index in [1.807, 2.05) is 39.8 Å². The van der Waals surface area contributed by atoms with Crippen molar-refractivity contribution in [2.45, 2.75) is 40.7 Å². The lowest BCUT2D eigenvalue weighted by Crippen LogP contribution is -2.37. The molecule has 1 aromatic heterocycles. The van der Waals surface area contributed by atoms with E-state index in [4.69, 9.17) is 4.74 Å². The number of pyridine rings is 1. The van der Waals surface area contributed by atoms with Crippen molar-refractivity contribution >= 4 is 0 Å². The average molecular weight is 344 g/mol. The predicted octanol–water partition coefficient (Wildman–Crippen LogP) is 5.37. The third-order valence-corrected chi connectivity index (χ3v) is 3.90. The highest BCUT2D eigenvalue weighted by molar-refractivity contribution is 5.42. The Morgan fingerprint density at radius 2 is 2.08 bits per heavy atom. The summed E-state index contributed by atoms with van der Waals surface area (Å²) in [5.74, 6) is 0.223. The van der Waals surface area contributed by atoms with Gasteiger partial charge in [-0.2, -0.15) is 0 Å². The molecule has 1 unspecified atom stereocenters. The molecule has 1 heterocycles. The Hall–Kier alpha value is -2.36. The van der Waals surface area contributed by atoms with Crippen molar-refractivity contribution in [1.82, 2.24) is 9.88 Å². The Balaban J connectivity index is 2.87. The first kappa shape index (κ1) is 20.7. The lowest BCUT2D eigenvalue weighted by molar-refractivity contribution is 0.183. The van der Waals surface area contributed by atoms with E-state index in [-0.39, 0.29) is 11.9 Å². The molecule has 0 aliphatic carbocycles. The van der Waals surface area contributed by atoms with Crippen LogP contribution in [0.3, 0.4) is 0 Å². The minimum absolute atomic E-state index is 0.0649. The molecule has 0 N–H and O–H groups in total. The van der Waals surface area contributed by atoms with Gasteiger partial charge in [0, 0.05) is 24.5 Å². The van der Waals surface area contributed by atoms with Crippen LogP contribution in [0.5, 0.6) is 5.88 Å². The minimum atomic E-state index is -0.374. The molecule has 136 valence electrons. The van der Waals surface area contributed by atoms with Gasteiger partial charge in [-0.15, -0.1) is 0 Å². The van der Waals surface area contributed by atoms with Crippen molar-refractivity contribution in [2.24, 2.45) is 0 Å². The molecule has 0 radical (unpaired) electrons. The molecule has 4 heteroatoms. The Kier molecular flexibility index (Phi) is 8.12. The first-order valence-electron chi connectivity index (χ1n) is 8.48. The van der Waals surface area contributed by atoms with Crippen molar-refractivity contribution in [1.29, 1.82) is 0 Å². The standard InChI is InChI=1S/C21H29FN2O/c1-8-19(22)12-20(15(3)4)18(7)24(9-2)17(6)14-25-21-11-10-16(5)13-23-21/h8,10-13,17H,1,7,9,14H2,2-6H3/b19-12+. The quantitative estimate of drug-likeness (QED) is 0.563. The minimum Gasteiger partial charge on any atom is -0.475 e. The molecule has 0 aromatic carbocycles. The van der Waals surface area contributed by atoms with E-state index in [0.29, 0.717) is 12.5 Å². The third-order valence-electron chi connectivity index (χ3n) is 3.90. The van der Waals surface area contributed by atoms with Crippen LogP contribution in [-0.2, 0) is 0 Å². The van der Waals surface area contributed by atoms with Crippen LogP contribution >= 0.6 is 0 Å². The zero-order valence-electron chi connectivity index (χ0n) is 16.0. The second kappa shape index (κ2) is 9.82. The summed E-state index contributed by atoms with van der Waals surface area (Å²) in [5.41, 5.74) is 3.63. The zero-order chi connectivity index (χ0) is 19.0. The van der Waals surface area contributed by atoms with Gasteiger partial charge in [-0.3, -0.25) is 0 Å². The maximum atomic E-state index is 13.7. The smallest absolute Gasteiger partial charge is 0.213 e.